The van der Waals surface area contributed by atoms with Gasteiger partial charge in [-0.1, -0.05) is 20.8 Å². The van der Waals surface area contributed by atoms with Crippen molar-refractivity contribution < 1.29 is 19.4 Å². The van der Waals surface area contributed by atoms with Crippen LogP contribution in [-0.4, -0.2) is 18.5 Å². The van der Waals surface area contributed by atoms with Crippen LogP contribution >= 0.6 is 0 Å². The van der Waals surface area contributed by atoms with Crippen molar-refractivity contribution in [3.05, 3.63) is 0 Å². The SMILES string of the molecule is CCOC(=O)[C@H](C(=O)[O-])C(C)(C)CC. The van der Waals surface area contributed by atoms with Gasteiger partial charge in [0, 0.05) is 0 Å². The summed E-state index contributed by atoms with van der Waals surface area (Å²) in [6.45, 7) is 7.08. The minimum absolute atomic E-state index is 0.183. The standard InChI is InChI=1S/C10H18O4/c1-5-10(3,4)7(8(11)12)9(13)14-6-2/h7H,5-6H2,1-4H3,(H,11,12)/p-1/t7-/m0/s1. The van der Waals surface area contributed by atoms with Crippen LogP contribution in [-0.2, 0) is 14.3 Å². The summed E-state index contributed by atoms with van der Waals surface area (Å²) in [6.07, 6.45) is 0.574. The number of ether oxygens (including phenoxy) is 1. The molecule has 1 atom stereocenters. The fourth-order valence-electron chi connectivity index (χ4n) is 1.16. The number of hydrogen-bond acceptors (Lipinski definition) is 4. The van der Waals surface area contributed by atoms with Crippen molar-refractivity contribution in [1.29, 1.82) is 0 Å². The lowest BCUT2D eigenvalue weighted by molar-refractivity contribution is -0.314. The van der Waals surface area contributed by atoms with E-state index in [1.807, 2.05) is 6.92 Å². The van der Waals surface area contributed by atoms with Gasteiger partial charge in [0.2, 0.25) is 0 Å². The van der Waals surface area contributed by atoms with Gasteiger partial charge in [0.15, 0.2) is 0 Å². The lowest BCUT2D eigenvalue weighted by atomic mass is 9.77. The largest absolute Gasteiger partial charge is 0.549 e. The van der Waals surface area contributed by atoms with Gasteiger partial charge < -0.3 is 14.6 Å². The maximum Gasteiger partial charge on any atom is 0.315 e. The Kier molecular flexibility index (Phi) is 4.60. The molecular formula is C10H17O4-. The Labute approximate surface area is 84.3 Å². The first-order valence-corrected chi connectivity index (χ1v) is 4.74. The molecule has 0 radical (unpaired) electrons. The molecule has 0 bridgehead atoms. The molecule has 0 saturated heterocycles. The number of hydrogen-bond donors (Lipinski definition) is 0. The van der Waals surface area contributed by atoms with E-state index in [0.29, 0.717) is 6.42 Å². The van der Waals surface area contributed by atoms with E-state index in [1.54, 1.807) is 20.8 Å². The minimum atomic E-state index is -1.37. The molecule has 0 heterocycles. The quantitative estimate of drug-likeness (QED) is 0.475. The molecule has 0 saturated carbocycles. The first kappa shape index (κ1) is 12.9. The topological polar surface area (TPSA) is 66.4 Å². The van der Waals surface area contributed by atoms with Crippen molar-refractivity contribution in [3.63, 3.8) is 0 Å². The van der Waals surface area contributed by atoms with E-state index < -0.39 is 23.3 Å². The van der Waals surface area contributed by atoms with Gasteiger partial charge in [-0.15, -0.1) is 0 Å². The summed E-state index contributed by atoms with van der Waals surface area (Å²) in [5.41, 5.74) is -0.634. The average molecular weight is 201 g/mol. The number of carboxylic acids is 1. The van der Waals surface area contributed by atoms with Gasteiger partial charge in [0.25, 0.3) is 0 Å². The van der Waals surface area contributed by atoms with Crippen LogP contribution in [0.1, 0.15) is 34.1 Å². The van der Waals surface area contributed by atoms with E-state index in [1.165, 1.54) is 0 Å². The molecule has 0 unspecified atom stereocenters. The number of aliphatic carboxylic acids is 1. The fourth-order valence-corrected chi connectivity index (χ4v) is 1.16. The highest BCUT2D eigenvalue weighted by Gasteiger charge is 2.35. The van der Waals surface area contributed by atoms with Gasteiger partial charge in [0.05, 0.1) is 12.6 Å². The maximum absolute atomic E-state index is 11.3. The normalized spacial score (nSPS) is 13.4. The summed E-state index contributed by atoms with van der Waals surface area (Å²) in [4.78, 5) is 22.2. The van der Waals surface area contributed by atoms with E-state index in [4.69, 9.17) is 4.74 Å². The van der Waals surface area contributed by atoms with Crippen molar-refractivity contribution >= 4 is 11.9 Å². The predicted octanol–water partition coefficient (Wildman–Crippen LogP) is 0.352. The molecule has 0 aliphatic heterocycles. The van der Waals surface area contributed by atoms with E-state index in [2.05, 4.69) is 0 Å². The second kappa shape index (κ2) is 4.98. The summed E-state index contributed by atoms with van der Waals surface area (Å²) in [5, 5.41) is 10.8. The van der Waals surface area contributed by atoms with Gasteiger partial charge in [-0.25, -0.2) is 0 Å². The summed E-state index contributed by atoms with van der Waals surface area (Å²) in [7, 11) is 0. The van der Waals surface area contributed by atoms with Gasteiger partial charge >= 0.3 is 5.97 Å². The highest BCUT2D eigenvalue weighted by Crippen LogP contribution is 2.31. The Hall–Kier alpha value is -1.06. The molecule has 0 N–H and O–H groups in total. The summed E-state index contributed by atoms with van der Waals surface area (Å²) >= 11 is 0. The Morgan fingerprint density at radius 3 is 2.14 bits per heavy atom. The third-order valence-electron chi connectivity index (χ3n) is 2.45. The predicted molar refractivity (Wildman–Crippen MR) is 49.2 cm³/mol. The van der Waals surface area contributed by atoms with Crippen LogP contribution in [0.2, 0.25) is 0 Å². The van der Waals surface area contributed by atoms with E-state index in [-0.39, 0.29) is 6.61 Å². The summed E-state index contributed by atoms with van der Waals surface area (Å²) in [6, 6.07) is 0. The van der Waals surface area contributed by atoms with Crippen molar-refractivity contribution in [2.24, 2.45) is 11.3 Å². The van der Waals surface area contributed by atoms with Crippen LogP contribution in [0.5, 0.6) is 0 Å². The van der Waals surface area contributed by atoms with Crippen LogP contribution in [0.15, 0.2) is 0 Å². The monoisotopic (exact) mass is 201 g/mol. The summed E-state index contributed by atoms with van der Waals surface area (Å²) < 4.78 is 4.69. The van der Waals surface area contributed by atoms with Crippen molar-refractivity contribution in [2.45, 2.75) is 34.1 Å². The van der Waals surface area contributed by atoms with Crippen molar-refractivity contribution in [3.8, 4) is 0 Å². The Balaban J connectivity index is 4.77. The fraction of sp³-hybridized carbons (Fsp3) is 0.800. The Bertz CT molecular complexity index is 220. The van der Waals surface area contributed by atoms with Crippen LogP contribution in [0.25, 0.3) is 0 Å². The van der Waals surface area contributed by atoms with Crippen LogP contribution in [0.3, 0.4) is 0 Å². The first-order valence-electron chi connectivity index (χ1n) is 4.74. The minimum Gasteiger partial charge on any atom is -0.549 e. The van der Waals surface area contributed by atoms with Crippen LogP contribution in [0.4, 0.5) is 0 Å². The molecule has 0 rings (SSSR count). The summed E-state index contributed by atoms with van der Waals surface area (Å²) in [5.74, 6) is -3.26. The zero-order valence-corrected chi connectivity index (χ0v) is 9.12. The Morgan fingerprint density at radius 2 is 1.86 bits per heavy atom. The molecule has 14 heavy (non-hydrogen) atoms. The zero-order valence-electron chi connectivity index (χ0n) is 9.12. The van der Waals surface area contributed by atoms with Crippen molar-refractivity contribution in [2.75, 3.05) is 6.61 Å². The van der Waals surface area contributed by atoms with Gasteiger partial charge in [0.1, 0.15) is 5.92 Å². The molecule has 0 amide bonds. The smallest absolute Gasteiger partial charge is 0.315 e. The lowest BCUT2D eigenvalue weighted by Crippen LogP contribution is -2.45. The maximum atomic E-state index is 11.3. The van der Waals surface area contributed by atoms with Crippen molar-refractivity contribution in [1.82, 2.24) is 0 Å². The molecule has 0 aromatic heterocycles. The van der Waals surface area contributed by atoms with Crippen LogP contribution in [0, 0.1) is 11.3 Å². The van der Waals surface area contributed by atoms with Gasteiger partial charge in [-0.3, -0.25) is 4.79 Å². The van der Waals surface area contributed by atoms with Crippen LogP contribution < -0.4 is 5.11 Å². The number of esters is 1. The van der Waals surface area contributed by atoms with Gasteiger partial charge in [-0.2, -0.15) is 0 Å². The third kappa shape index (κ3) is 3.01. The molecule has 4 nitrogen and oxygen atoms in total. The molecule has 82 valence electrons. The second-order valence-corrected chi connectivity index (χ2v) is 3.85. The average Bonchev–Trinajstić information content (AvgIpc) is 2.03. The lowest BCUT2D eigenvalue weighted by Gasteiger charge is -2.32. The molecule has 0 spiro atoms. The molecular weight excluding hydrogens is 184 g/mol. The number of carbonyl (C=O) groups excluding carboxylic acids is 2. The molecule has 0 aromatic carbocycles. The van der Waals surface area contributed by atoms with E-state index in [0.717, 1.165) is 0 Å². The number of carboxylic acid groups (broad SMARTS) is 1. The second-order valence-electron chi connectivity index (χ2n) is 3.85. The molecule has 4 heteroatoms. The third-order valence-corrected chi connectivity index (χ3v) is 2.45. The molecule has 0 aliphatic rings. The molecule has 0 aromatic rings. The highest BCUT2D eigenvalue weighted by molar-refractivity contribution is 5.93. The first-order chi connectivity index (χ1) is 6.36. The Morgan fingerprint density at radius 1 is 1.36 bits per heavy atom. The van der Waals surface area contributed by atoms with E-state index in [9.17, 15) is 14.7 Å². The highest BCUT2D eigenvalue weighted by atomic mass is 16.5. The molecule has 0 aliphatic carbocycles. The number of rotatable bonds is 5. The molecule has 0 fully saturated rings. The number of carbonyl (C=O) groups is 2. The van der Waals surface area contributed by atoms with E-state index >= 15 is 0 Å². The zero-order chi connectivity index (χ0) is 11.4. The van der Waals surface area contributed by atoms with Gasteiger partial charge in [-0.05, 0) is 18.8 Å².